The van der Waals surface area contributed by atoms with Crippen molar-refractivity contribution in [1.82, 2.24) is 25.0 Å². The van der Waals surface area contributed by atoms with E-state index in [2.05, 4.69) is 20.3 Å². The molecule has 2 aromatic heterocycles. The highest BCUT2D eigenvalue weighted by Gasteiger charge is 2.24. The number of nitrogens with one attached hydrogen (secondary N) is 2. The Kier molecular flexibility index (Phi) is 9.76. The number of rotatable bonds is 12. The summed E-state index contributed by atoms with van der Waals surface area (Å²) in [6.45, 7) is 3.13. The van der Waals surface area contributed by atoms with E-state index >= 15 is 0 Å². The Morgan fingerprint density at radius 3 is 2.36 bits per heavy atom. The summed E-state index contributed by atoms with van der Waals surface area (Å²) in [5, 5.41) is 12.4. The number of aromatic nitrogens is 3. The van der Waals surface area contributed by atoms with E-state index in [1.165, 1.54) is 29.8 Å². The zero-order valence-electron chi connectivity index (χ0n) is 22.9. The van der Waals surface area contributed by atoms with Crippen molar-refractivity contribution in [1.29, 1.82) is 0 Å². The number of carbonyl (C=O) groups is 3. The summed E-state index contributed by atoms with van der Waals surface area (Å²) >= 11 is 1.26. The number of benzene rings is 2. The number of amides is 2. The van der Waals surface area contributed by atoms with Gasteiger partial charge in [-0.2, -0.15) is 0 Å². The van der Waals surface area contributed by atoms with Gasteiger partial charge in [0.1, 0.15) is 0 Å². The minimum atomic E-state index is -4.09. The molecule has 0 fully saturated rings. The number of nitrogens with zero attached hydrogens (tertiary/aromatic N) is 3. The SMILES string of the molecule is CCCc1sc(C(=O)NC(CC(=O)O)c2ccccc2)nc1Cc1cnc(-c2ccccc2S(=O)(=O)NC(C)=O)cn1. The summed E-state index contributed by atoms with van der Waals surface area (Å²) in [5.74, 6) is -2.20. The lowest BCUT2D eigenvalue weighted by Gasteiger charge is -2.16. The van der Waals surface area contributed by atoms with E-state index in [0.717, 1.165) is 18.2 Å². The average Bonchev–Trinajstić information content (AvgIpc) is 3.35. The van der Waals surface area contributed by atoms with Crippen LogP contribution in [0, 0.1) is 0 Å². The summed E-state index contributed by atoms with van der Waals surface area (Å²) < 4.78 is 27.3. The van der Waals surface area contributed by atoms with Crippen molar-refractivity contribution in [3.05, 3.63) is 93.8 Å². The molecule has 0 bridgehead atoms. The number of sulfonamides is 1. The molecule has 13 heteroatoms. The first-order chi connectivity index (χ1) is 20.1. The third kappa shape index (κ3) is 7.62. The van der Waals surface area contributed by atoms with Gasteiger partial charge in [0.2, 0.25) is 5.91 Å². The number of carboxylic acids is 1. The van der Waals surface area contributed by atoms with Gasteiger partial charge < -0.3 is 10.4 Å². The molecule has 4 rings (SSSR count). The Labute approximate surface area is 247 Å². The van der Waals surface area contributed by atoms with Crippen LogP contribution >= 0.6 is 11.3 Å². The maximum atomic E-state index is 13.2. The zero-order chi connectivity index (χ0) is 30.3. The maximum Gasteiger partial charge on any atom is 0.305 e. The summed E-state index contributed by atoms with van der Waals surface area (Å²) in [6.07, 6.45) is 4.50. The van der Waals surface area contributed by atoms with Gasteiger partial charge in [-0.3, -0.25) is 24.4 Å². The topological polar surface area (TPSA) is 168 Å². The number of carbonyl (C=O) groups excluding carboxylic acids is 2. The molecule has 1 unspecified atom stereocenters. The molecule has 2 aromatic carbocycles. The summed E-state index contributed by atoms with van der Waals surface area (Å²) in [6, 6.07) is 14.4. The Morgan fingerprint density at radius 1 is 1.00 bits per heavy atom. The van der Waals surface area contributed by atoms with Crippen LogP contribution in [0.25, 0.3) is 11.3 Å². The molecule has 1 atom stereocenters. The van der Waals surface area contributed by atoms with Crippen LogP contribution in [0.2, 0.25) is 0 Å². The van der Waals surface area contributed by atoms with Crippen LogP contribution < -0.4 is 10.0 Å². The molecule has 2 heterocycles. The van der Waals surface area contributed by atoms with Crippen molar-refractivity contribution in [3.8, 4) is 11.3 Å². The molecule has 4 aromatic rings. The number of aliphatic carboxylic acids is 1. The Bertz CT molecular complexity index is 1690. The third-order valence-electron chi connectivity index (χ3n) is 6.12. The van der Waals surface area contributed by atoms with E-state index < -0.39 is 33.8 Å². The number of carboxylic acid groups (broad SMARTS) is 1. The molecule has 0 spiro atoms. The Balaban J connectivity index is 1.56. The molecule has 3 N–H and O–H groups in total. The van der Waals surface area contributed by atoms with Crippen molar-refractivity contribution < 1.29 is 27.9 Å². The third-order valence-corrected chi connectivity index (χ3v) is 8.77. The highest BCUT2D eigenvalue weighted by molar-refractivity contribution is 7.90. The second-order valence-corrected chi connectivity index (χ2v) is 12.1. The number of hydrogen-bond acceptors (Lipinski definition) is 9. The van der Waals surface area contributed by atoms with E-state index in [1.807, 2.05) is 17.7 Å². The largest absolute Gasteiger partial charge is 0.481 e. The first-order valence-electron chi connectivity index (χ1n) is 13.1. The predicted octanol–water partition coefficient (Wildman–Crippen LogP) is 3.91. The van der Waals surface area contributed by atoms with Gasteiger partial charge >= 0.3 is 5.97 Å². The summed E-state index contributed by atoms with van der Waals surface area (Å²) in [4.78, 5) is 50.3. The van der Waals surface area contributed by atoms with Crippen molar-refractivity contribution in [2.24, 2.45) is 0 Å². The van der Waals surface area contributed by atoms with Gasteiger partial charge in [-0.25, -0.2) is 18.1 Å². The van der Waals surface area contributed by atoms with Crippen LogP contribution in [-0.2, 0) is 32.5 Å². The highest BCUT2D eigenvalue weighted by atomic mass is 32.2. The molecule has 0 aliphatic carbocycles. The lowest BCUT2D eigenvalue weighted by molar-refractivity contribution is -0.137. The van der Waals surface area contributed by atoms with Crippen LogP contribution in [0.4, 0.5) is 0 Å². The fraction of sp³-hybridized carbons (Fsp3) is 0.241. The van der Waals surface area contributed by atoms with Crippen molar-refractivity contribution in [3.63, 3.8) is 0 Å². The molecule has 42 heavy (non-hydrogen) atoms. The molecule has 0 aliphatic rings. The van der Waals surface area contributed by atoms with Crippen LogP contribution in [-0.4, -0.2) is 46.3 Å². The van der Waals surface area contributed by atoms with E-state index in [4.69, 9.17) is 0 Å². The minimum absolute atomic E-state index is 0.0978. The fourth-order valence-electron chi connectivity index (χ4n) is 4.29. The average molecular weight is 608 g/mol. The van der Waals surface area contributed by atoms with Crippen LogP contribution in [0.15, 0.2) is 71.9 Å². The zero-order valence-corrected chi connectivity index (χ0v) is 24.5. The Morgan fingerprint density at radius 2 is 1.71 bits per heavy atom. The number of hydrogen-bond donors (Lipinski definition) is 3. The second kappa shape index (κ2) is 13.4. The Hall–Kier alpha value is -4.49. The molecule has 0 saturated heterocycles. The van der Waals surface area contributed by atoms with E-state index in [9.17, 15) is 27.9 Å². The number of aryl methyl sites for hydroxylation is 1. The quantitative estimate of drug-likeness (QED) is 0.216. The van der Waals surface area contributed by atoms with Gasteiger partial charge in [0, 0.05) is 30.0 Å². The highest BCUT2D eigenvalue weighted by Crippen LogP contribution is 2.27. The lowest BCUT2D eigenvalue weighted by atomic mass is 10.0. The van der Waals surface area contributed by atoms with Crippen LogP contribution in [0.5, 0.6) is 0 Å². The molecule has 11 nitrogen and oxygen atoms in total. The molecular weight excluding hydrogens is 578 g/mol. The van der Waals surface area contributed by atoms with Gasteiger partial charge in [-0.05, 0) is 18.1 Å². The van der Waals surface area contributed by atoms with Gasteiger partial charge in [0.05, 0.1) is 40.6 Å². The normalized spacial score (nSPS) is 12.0. The minimum Gasteiger partial charge on any atom is -0.481 e. The van der Waals surface area contributed by atoms with Crippen molar-refractivity contribution in [2.75, 3.05) is 0 Å². The molecular formula is C29H29N5O6S2. The van der Waals surface area contributed by atoms with Gasteiger partial charge in [-0.1, -0.05) is 61.9 Å². The molecule has 218 valence electrons. The fourth-order valence-corrected chi connectivity index (χ4v) is 6.58. The van der Waals surface area contributed by atoms with E-state index in [1.54, 1.807) is 42.5 Å². The first kappa shape index (κ1) is 30.5. The van der Waals surface area contributed by atoms with Gasteiger partial charge in [-0.15, -0.1) is 11.3 Å². The van der Waals surface area contributed by atoms with Gasteiger partial charge in [0.25, 0.3) is 15.9 Å². The van der Waals surface area contributed by atoms with Gasteiger partial charge in [0.15, 0.2) is 5.01 Å². The summed E-state index contributed by atoms with van der Waals surface area (Å²) in [5.41, 5.74) is 2.50. The monoisotopic (exact) mass is 607 g/mol. The molecule has 0 saturated carbocycles. The first-order valence-corrected chi connectivity index (χ1v) is 15.4. The van der Waals surface area contributed by atoms with Crippen LogP contribution in [0.3, 0.4) is 0 Å². The molecule has 2 amide bonds. The predicted molar refractivity (Wildman–Crippen MR) is 156 cm³/mol. The van der Waals surface area contributed by atoms with E-state index in [0.29, 0.717) is 34.6 Å². The van der Waals surface area contributed by atoms with E-state index in [-0.39, 0.29) is 22.7 Å². The summed E-state index contributed by atoms with van der Waals surface area (Å²) in [7, 11) is -4.09. The smallest absolute Gasteiger partial charge is 0.305 e. The number of thiazole rings is 1. The maximum absolute atomic E-state index is 13.2. The molecule has 0 radical (unpaired) electrons. The lowest BCUT2D eigenvalue weighted by Crippen LogP contribution is -2.30. The molecule has 0 aliphatic heterocycles. The standard InChI is InChI=1S/C29H29N5O6S2/c1-3-9-25-23(33-29(41-25)28(38)32-22(15-27(36)37)19-10-5-4-6-11-19)14-20-16-31-24(17-30-20)21-12-7-8-13-26(21)42(39,40)34-18(2)35/h4-8,10-13,16-17,22H,3,9,14-15H2,1-2H3,(H,32,38)(H,34,35)(H,36,37). The van der Waals surface area contributed by atoms with Crippen molar-refractivity contribution in [2.45, 2.75) is 50.5 Å². The second-order valence-electron chi connectivity index (χ2n) is 9.40. The van der Waals surface area contributed by atoms with Crippen molar-refractivity contribution >= 4 is 39.1 Å². The van der Waals surface area contributed by atoms with Crippen LogP contribution in [0.1, 0.15) is 64.4 Å².